The quantitative estimate of drug-likeness (QED) is 0.143. The maximum absolute atomic E-state index is 12.9. The van der Waals surface area contributed by atoms with E-state index in [4.69, 9.17) is 4.74 Å². The summed E-state index contributed by atoms with van der Waals surface area (Å²) in [5.41, 5.74) is -0.0995. The molecule has 0 unspecified atom stereocenters. The molecule has 6 aromatic rings. The minimum atomic E-state index is -5.90. The number of rotatable bonds is 11. The predicted octanol–water partition coefficient (Wildman–Crippen LogP) is 7.70. The molecule has 0 bridgehead atoms. The van der Waals surface area contributed by atoms with Crippen LogP contribution < -0.4 is 14.8 Å². The molecule has 0 saturated carbocycles. The molecule has 0 aliphatic heterocycles. The second-order valence-corrected chi connectivity index (χ2v) is 13.9. The average Bonchev–Trinajstić information content (AvgIpc) is 3.73. The van der Waals surface area contributed by atoms with Crippen molar-refractivity contribution in [1.82, 2.24) is 9.29 Å². The number of amides is 2. The molecular weight excluding hydrogens is 688 g/mol. The van der Waals surface area contributed by atoms with Gasteiger partial charge in [0.2, 0.25) is 5.91 Å². The Labute approximate surface area is 290 Å². The number of sulfonamides is 1. The van der Waals surface area contributed by atoms with Crippen LogP contribution in [0.3, 0.4) is 0 Å². The zero-order valence-electron chi connectivity index (χ0n) is 26.5. The van der Waals surface area contributed by atoms with Crippen molar-refractivity contribution < 1.29 is 35.9 Å². The smallest absolute Gasteiger partial charge is 0.496 e. The molecule has 50 heavy (non-hydrogen) atoms. The van der Waals surface area contributed by atoms with Crippen molar-refractivity contribution in [2.75, 3.05) is 12.4 Å². The largest absolute Gasteiger partial charge is 0.516 e. The summed E-state index contributed by atoms with van der Waals surface area (Å²) in [5.74, 6) is -1.44. The SMILES string of the molecule is COc1cc(C(=O)NS(=O)(=O)C(F)(F)F)ccc1Cc1cn(C(c2ccccc2)c2ccccc2)c2ccc(NC(=O)Cc3ccsc3)cc12. The van der Waals surface area contributed by atoms with E-state index in [0.29, 0.717) is 11.3 Å². The monoisotopic (exact) mass is 717 g/mol. The number of alkyl halides is 3. The standard InChI is InChI=1S/C37H30F3N3O5S2/c1-48-33-20-28(36(45)42-50(46,47)37(38,39)40)13-12-27(33)19-29-22-43(35(25-8-4-2-5-9-25)26-10-6-3-7-11-26)32-15-14-30(21-31(29)32)41-34(44)18-24-16-17-49-23-24/h2-17,20-23,35H,18-19H2,1H3,(H,41,44)(H,42,45). The summed E-state index contributed by atoms with van der Waals surface area (Å²) >= 11 is 1.52. The van der Waals surface area contributed by atoms with Crippen molar-refractivity contribution >= 4 is 49.8 Å². The second-order valence-electron chi connectivity index (χ2n) is 11.5. The first kappa shape index (κ1) is 34.5. The molecule has 0 spiro atoms. The van der Waals surface area contributed by atoms with Gasteiger partial charge in [-0.15, -0.1) is 0 Å². The number of benzene rings is 4. The van der Waals surface area contributed by atoms with Crippen LogP contribution in [0.4, 0.5) is 18.9 Å². The number of nitrogens with one attached hydrogen (secondary N) is 2. The van der Waals surface area contributed by atoms with Crippen molar-refractivity contribution in [2.24, 2.45) is 0 Å². The van der Waals surface area contributed by atoms with E-state index in [-0.39, 0.29) is 36.1 Å². The van der Waals surface area contributed by atoms with Crippen LogP contribution in [0.5, 0.6) is 5.75 Å². The first-order chi connectivity index (χ1) is 23.9. The fraction of sp³-hybridized carbons (Fsp3) is 0.135. The Kier molecular flexibility index (Phi) is 9.80. The van der Waals surface area contributed by atoms with Crippen molar-refractivity contribution in [2.45, 2.75) is 24.4 Å². The van der Waals surface area contributed by atoms with E-state index in [2.05, 4.69) is 9.88 Å². The van der Waals surface area contributed by atoms with Crippen LogP contribution >= 0.6 is 11.3 Å². The second kappa shape index (κ2) is 14.2. The van der Waals surface area contributed by atoms with E-state index in [1.807, 2.05) is 102 Å². The highest BCUT2D eigenvalue weighted by molar-refractivity contribution is 7.90. The number of anilines is 1. The molecule has 0 radical (unpaired) electrons. The molecule has 2 amide bonds. The summed E-state index contributed by atoms with van der Waals surface area (Å²) in [4.78, 5) is 25.4. The van der Waals surface area contributed by atoms with E-state index in [9.17, 15) is 31.2 Å². The van der Waals surface area contributed by atoms with Crippen molar-refractivity contribution in [3.63, 3.8) is 0 Å². The number of hydrogen-bond donors (Lipinski definition) is 2. The first-order valence-corrected chi connectivity index (χ1v) is 17.7. The molecule has 0 atom stereocenters. The summed E-state index contributed by atoms with van der Waals surface area (Å²) in [7, 11) is -4.55. The Hall–Kier alpha value is -5.40. The third kappa shape index (κ3) is 7.43. The Bertz CT molecular complexity index is 2220. The maximum Gasteiger partial charge on any atom is 0.516 e. The minimum absolute atomic E-state index is 0.168. The third-order valence-electron chi connectivity index (χ3n) is 8.11. The molecule has 0 fully saturated rings. The predicted molar refractivity (Wildman–Crippen MR) is 187 cm³/mol. The van der Waals surface area contributed by atoms with Gasteiger partial charge < -0.3 is 14.6 Å². The van der Waals surface area contributed by atoms with Gasteiger partial charge in [-0.2, -0.15) is 32.9 Å². The molecule has 256 valence electrons. The Morgan fingerprint density at radius 2 is 1.56 bits per heavy atom. The Morgan fingerprint density at radius 1 is 0.880 bits per heavy atom. The van der Waals surface area contributed by atoms with Crippen LogP contribution in [0.1, 0.15) is 44.2 Å². The first-order valence-electron chi connectivity index (χ1n) is 15.3. The van der Waals surface area contributed by atoms with Crippen LogP contribution in [0.2, 0.25) is 0 Å². The summed E-state index contributed by atoms with van der Waals surface area (Å²) in [5, 5.41) is 7.66. The number of carbonyl (C=O) groups is 2. The van der Waals surface area contributed by atoms with Crippen LogP contribution in [-0.4, -0.2) is 37.4 Å². The number of aromatic nitrogens is 1. The number of fused-ring (bicyclic) bond motifs is 1. The topological polar surface area (TPSA) is 106 Å². The molecule has 2 heterocycles. The van der Waals surface area contributed by atoms with E-state index < -0.39 is 21.4 Å². The number of halogens is 3. The van der Waals surface area contributed by atoms with Crippen LogP contribution in [0, 0.1) is 0 Å². The fourth-order valence-corrected chi connectivity index (χ4v) is 6.95. The van der Waals surface area contributed by atoms with Gasteiger partial charge in [0.25, 0.3) is 5.91 Å². The number of hydrogen-bond acceptors (Lipinski definition) is 6. The highest BCUT2D eigenvalue weighted by Gasteiger charge is 2.47. The lowest BCUT2D eigenvalue weighted by atomic mass is 9.98. The number of ether oxygens (including phenoxy) is 1. The van der Waals surface area contributed by atoms with E-state index in [0.717, 1.165) is 37.9 Å². The van der Waals surface area contributed by atoms with Gasteiger partial charge in [-0.3, -0.25) is 9.59 Å². The van der Waals surface area contributed by atoms with Gasteiger partial charge in [-0.1, -0.05) is 66.7 Å². The highest BCUT2D eigenvalue weighted by atomic mass is 32.2. The van der Waals surface area contributed by atoms with E-state index >= 15 is 0 Å². The molecule has 0 aliphatic rings. The fourth-order valence-electron chi connectivity index (χ4n) is 5.80. The van der Waals surface area contributed by atoms with Gasteiger partial charge in [0.15, 0.2) is 0 Å². The number of carbonyl (C=O) groups excluding carboxylic acids is 2. The van der Waals surface area contributed by atoms with Gasteiger partial charge in [-0.25, -0.2) is 4.72 Å². The molecule has 8 nitrogen and oxygen atoms in total. The lowest BCUT2D eigenvalue weighted by molar-refractivity contribution is -0.115. The molecule has 6 rings (SSSR count). The summed E-state index contributed by atoms with van der Waals surface area (Å²) < 4.78 is 70.5. The van der Waals surface area contributed by atoms with Gasteiger partial charge in [-0.05, 0) is 75.0 Å². The molecule has 0 saturated heterocycles. The highest BCUT2D eigenvalue weighted by Crippen LogP contribution is 2.36. The van der Waals surface area contributed by atoms with E-state index in [1.54, 1.807) is 0 Å². The zero-order chi connectivity index (χ0) is 35.5. The van der Waals surface area contributed by atoms with Crippen molar-refractivity contribution in [3.05, 3.63) is 153 Å². The molecular formula is C37H30F3N3O5S2. The third-order valence-corrected chi connectivity index (χ3v) is 9.91. The normalized spacial score (nSPS) is 11.9. The van der Waals surface area contributed by atoms with Crippen molar-refractivity contribution in [3.8, 4) is 5.75 Å². The zero-order valence-corrected chi connectivity index (χ0v) is 28.1. The van der Waals surface area contributed by atoms with Gasteiger partial charge in [0, 0.05) is 34.8 Å². The Balaban J connectivity index is 1.42. The lowest BCUT2D eigenvalue weighted by Gasteiger charge is -2.21. The molecule has 4 aromatic carbocycles. The number of thiophene rings is 1. The van der Waals surface area contributed by atoms with Gasteiger partial charge in [0.1, 0.15) is 5.75 Å². The van der Waals surface area contributed by atoms with Gasteiger partial charge >= 0.3 is 15.5 Å². The molecule has 2 N–H and O–H groups in total. The van der Waals surface area contributed by atoms with Crippen LogP contribution in [0.25, 0.3) is 10.9 Å². The number of methoxy groups -OCH3 is 1. The Morgan fingerprint density at radius 3 is 2.16 bits per heavy atom. The van der Waals surface area contributed by atoms with E-state index in [1.165, 1.54) is 36.6 Å². The summed E-state index contributed by atoms with van der Waals surface area (Å²) in [6.45, 7) is 0. The molecule has 0 aliphatic carbocycles. The maximum atomic E-state index is 12.9. The lowest BCUT2D eigenvalue weighted by Crippen LogP contribution is -2.40. The summed E-state index contributed by atoms with van der Waals surface area (Å²) in [6.07, 6.45) is 2.50. The average molecular weight is 718 g/mol. The minimum Gasteiger partial charge on any atom is -0.496 e. The van der Waals surface area contributed by atoms with Gasteiger partial charge in [0.05, 0.1) is 19.6 Å². The molecule has 2 aromatic heterocycles. The molecule has 13 heteroatoms. The van der Waals surface area contributed by atoms with Crippen LogP contribution in [0.15, 0.2) is 120 Å². The number of nitrogens with zero attached hydrogens (tertiary/aromatic N) is 1. The van der Waals surface area contributed by atoms with Crippen LogP contribution in [-0.2, 0) is 27.7 Å². The van der Waals surface area contributed by atoms with Crippen molar-refractivity contribution in [1.29, 1.82) is 0 Å². The summed E-state index contributed by atoms with van der Waals surface area (Å²) in [6, 6.07) is 31.3.